The van der Waals surface area contributed by atoms with Crippen molar-refractivity contribution in [2.75, 3.05) is 11.9 Å². The Bertz CT molecular complexity index is 905. The normalized spacial score (nSPS) is 13.7. The Balaban J connectivity index is 1.72. The predicted molar refractivity (Wildman–Crippen MR) is 98.9 cm³/mol. The van der Waals surface area contributed by atoms with Crippen molar-refractivity contribution in [2.24, 2.45) is 5.73 Å². The van der Waals surface area contributed by atoms with Crippen molar-refractivity contribution in [1.82, 2.24) is 4.90 Å². The molecular formula is C20H19N3O4. The highest BCUT2D eigenvalue weighted by atomic mass is 16.2. The van der Waals surface area contributed by atoms with Crippen molar-refractivity contribution in [3.05, 3.63) is 65.2 Å². The number of imide groups is 1. The minimum Gasteiger partial charge on any atom is -0.366 e. The number of primary amides is 1. The summed E-state index contributed by atoms with van der Waals surface area (Å²) >= 11 is 0. The van der Waals surface area contributed by atoms with Crippen molar-refractivity contribution >= 4 is 29.3 Å². The SMILES string of the molecule is CN(Cc1cccc(C(N)=O)c1)C(=O)c1ccc(N2C(=O)CCC2=O)cc1. The molecule has 7 nitrogen and oxygen atoms in total. The summed E-state index contributed by atoms with van der Waals surface area (Å²) in [5, 5.41) is 0. The molecule has 0 aromatic heterocycles. The fourth-order valence-electron chi connectivity index (χ4n) is 3.01. The molecule has 1 heterocycles. The molecule has 0 atom stereocenters. The molecule has 3 rings (SSSR count). The third kappa shape index (κ3) is 3.87. The van der Waals surface area contributed by atoms with E-state index in [1.165, 1.54) is 4.90 Å². The van der Waals surface area contributed by atoms with Gasteiger partial charge in [-0.05, 0) is 42.0 Å². The Kier molecular flexibility index (Phi) is 5.03. The Hall–Kier alpha value is -3.48. The minimum atomic E-state index is -0.521. The van der Waals surface area contributed by atoms with Crippen LogP contribution in [0.5, 0.6) is 0 Å². The summed E-state index contributed by atoms with van der Waals surface area (Å²) in [5.74, 6) is -1.20. The lowest BCUT2D eigenvalue weighted by Crippen LogP contribution is -2.29. The van der Waals surface area contributed by atoms with E-state index >= 15 is 0 Å². The number of amides is 4. The Morgan fingerprint density at radius 1 is 1.00 bits per heavy atom. The highest BCUT2D eigenvalue weighted by molar-refractivity contribution is 6.19. The van der Waals surface area contributed by atoms with Crippen LogP contribution in [0.4, 0.5) is 5.69 Å². The fraction of sp³-hybridized carbons (Fsp3) is 0.200. The van der Waals surface area contributed by atoms with E-state index in [1.54, 1.807) is 49.5 Å². The molecule has 0 saturated carbocycles. The lowest BCUT2D eigenvalue weighted by Gasteiger charge is -2.19. The van der Waals surface area contributed by atoms with E-state index in [4.69, 9.17) is 5.73 Å². The molecule has 27 heavy (non-hydrogen) atoms. The molecule has 1 aliphatic heterocycles. The molecule has 2 aromatic carbocycles. The quantitative estimate of drug-likeness (QED) is 0.815. The average molecular weight is 365 g/mol. The largest absolute Gasteiger partial charge is 0.366 e. The topological polar surface area (TPSA) is 101 Å². The molecule has 1 saturated heterocycles. The van der Waals surface area contributed by atoms with E-state index in [2.05, 4.69) is 0 Å². The van der Waals surface area contributed by atoms with E-state index in [9.17, 15) is 19.2 Å². The van der Waals surface area contributed by atoms with Gasteiger partial charge in [-0.25, -0.2) is 0 Å². The number of hydrogen-bond acceptors (Lipinski definition) is 4. The Morgan fingerprint density at radius 3 is 2.22 bits per heavy atom. The first-order chi connectivity index (χ1) is 12.9. The molecule has 1 aliphatic rings. The van der Waals surface area contributed by atoms with Gasteiger partial charge in [-0.2, -0.15) is 0 Å². The second-order valence-corrected chi connectivity index (χ2v) is 6.40. The van der Waals surface area contributed by atoms with Crippen LogP contribution in [0.25, 0.3) is 0 Å². The summed E-state index contributed by atoms with van der Waals surface area (Å²) in [7, 11) is 1.65. The average Bonchev–Trinajstić information content (AvgIpc) is 2.99. The van der Waals surface area contributed by atoms with Gasteiger partial charge in [0.2, 0.25) is 17.7 Å². The van der Waals surface area contributed by atoms with Gasteiger partial charge in [0.25, 0.3) is 5.91 Å². The lowest BCUT2D eigenvalue weighted by atomic mass is 10.1. The van der Waals surface area contributed by atoms with Gasteiger partial charge in [0.1, 0.15) is 0 Å². The van der Waals surface area contributed by atoms with E-state index in [0.29, 0.717) is 23.4 Å². The molecule has 0 spiro atoms. The maximum Gasteiger partial charge on any atom is 0.253 e. The number of nitrogens with two attached hydrogens (primary N) is 1. The number of carbonyl (C=O) groups is 4. The highest BCUT2D eigenvalue weighted by Gasteiger charge is 2.30. The van der Waals surface area contributed by atoms with Gasteiger partial charge in [0.15, 0.2) is 0 Å². The first-order valence-electron chi connectivity index (χ1n) is 8.47. The molecule has 2 N–H and O–H groups in total. The van der Waals surface area contributed by atoms with Crippen LogP contribution < -0.4 is 10.6 Å². The number of carbonyl (C=O) groups excluding carboxylic acids is 4. The van der Waals surface area contributed by atoms with Crippen LogP contribution in [0, 0.1) is 0 Å². The van der Waals surface area contributed by atoms with Crippen molar-refractivity contribution in [1.29, 1.82) is 0 Å². The summed E-state index contributed by atoms with van der Waals surface area (Å²) in [6.45, 7) is 0.310. The smallest absolute Gasteiger partial charge is 0.253 e. The van der Waals surface area contributed by atoms with Crippen LogP contribution in [0.3, 0.4) is 0 Å². The molecule has 0 radical (unpaired) electrons. The molecule has 0 aliphatic carbocycles. The zero-order valence-corrected chi connectivity index (χ0v) is 14.8. The Morgan fingerprint density at radius 2 is 1.63 bits per heavy atom. The summed E-state index contributed by atoms with van der Waals surface area (Å²) in [6.07, 6.45) is 0.430. The zero-order valence-electron chi connectivity index (χ0n) is 14.8. The molecule has 138 valence electrons. The van der Waals surface area contributed by atoms with Crippen LogP contribution in [0.15, 0.2) is 48.5 Å². The zero-order chi connectivity index (χ0) is 19.6. The van der Waals surface area contributed by atoms with Gasteiger partial charge >= 0.3 is 0 Å². The van der Waals surface area contributed by atoms with E-state index in [-0.39, 0.29) is 30.6 Å². The predicted octanol–water partition coefficient (Wildman–Crippen LogP) is 1.71. The second kappa shape index (κ2) is 7.41. The molecule has 7 heteroatoms. The van der Waals surface area contributed by atoms with Gasteiger partial charge in [0, 0.05) is 37.6 Å². The number of rotatable bonds is 5. The summed E-state index contributed by atoms with van der Waals surface area (Å²) < 4.78 is 0. The van der Waals surface area contributed by atoms with Gasteiger partial charge in [-0.15, -0.1) is 0 Å². The maximum atomic E-state index is 12.6. The van der Waals surface area contributed by atoms with Gasteiger partial charge in [-0.1, -0.05) is 12.1 Å². The van der Waals surface area contributed by atoms with Crippen LogP contribution in [0.1, 0.15) is 39.1 Å². The number of anilines is 1. The molecule has 0 unspecified atom stereocenters. The van der Waals surface area contributed by atoms with Crippen LogP contribution in [-0.2, 0) is 16.1 Å². The highest BCUT2D eigenvalue weighted by Crippen LogP contribution is 2.23. The molecule has 1 fully saturated rings. The van der Waals surface area contributed by atoms with Crippen LogP contribution in [0.2, 0.25) is 0 Å². The van der Waals surface area contributed by atoms with E-state index in [1.807, 2.05) is 6.07 Å². The van der Waals surface area contributed by atoms with Crippen molar-refractivity contribution in [3.8, 4) is 0 Å². The lowest BCUT2D eigenvalue weighted by molar-refractivity contribution is -0.121. The van der Waals surface area contributed by atoms with Crippen molar-refractivity contribution in [2.45, 2.75) is 19.4 Å². The minimum absolute atomic E-state index is 0.215. The number of benzene rings is 2. The van der Waals surface area contributed by atoms with Gasteiger partial charge in [0.05, 0.1) is 5.69 Å². The van der Waals surface area contributed by atoms with E-state index in [0.717, 1.165) is 10.5 Å². The molecular weight excluding hydrogens is 346 g/mol. The number of hydrogen-bond donors (Lipinski definition) is 1. The van der Waals surface area contributed by atoms with Crippen LogP contribution >= 0.6 is 0 Å². The summed E-state index contributed by atoms with van der Waals surface area (Å²) in [6, 6.07) is 13.2. The van der Waals surface area contributed by atoms with Crippen molar-refractivity contribution < 1.29 is 19.2 Å². The standard InChI is InChI=1S/C20H19N3O4/c1-22(12-13-3-2-4-15(11-13)19(21)26)20(27)14-5-7-16(8-6-14)23-17(24)9-10-18(23)25/h2-8,11H,9-10,12H2,1H3,(H2,21,26). The van der Waals surface area contributed by atoms with Crippen LogP contribution in [-0.4, -0.2) is 35.6 Å². The molecule has 4 amide bonds. The first-order valence-corrected chi connectivity index (χ1v) is 8.47. The summed E-state index contributed by atoms with van der Waals surface area (Å²) in [5.41, 5.74) is 7.35. The van der Waals surface area contributed by atoms with Gasteiger partial charge in [-0.3, -0.25) is 24.1 Å². The Labute approximate surface area is 156 Å². The third-order valence-corrected chi connectivity index (χ3v) is 4.40. The van der Waals surface area contributed by atoms with Crippen molar-refractivity contribution in [3.63, 3.8) is 0 Å². The van der Waals surface area contributed by atoms with E-state index < -0.39 is 5.91 Å². The molecule has 2 aromatic rings. The maximum absolute atomic E-state index is 12.6. The molecule has 0 bridgehead atoms. The number of nitrogens with zero attached hydrogens (tertiary/aromatic N) is 2. The van der Waals surface area contributed by atoms with Gasteiger partial charge < -0.3 is 10.6 Å². The summed E-state index contributed by atoms with van der Waals surface area (Å²) in [4.78, 5) is 50.1. The third-order valence-electron chi connectivity index (χ3n) is 4.40. The monoisotopic (exact) mass is 365 g/mol. The first kappa shape index (κ1) is 18.3. The fourth-order valence-corrected chi connectivity index (χ4v) is 3.01. The second-order valence-electron chi connectivity index (χ2n) is 6.40.